The molecular formula is C24H26N2O3. The molecule has 1 amide bonds. The van der Waals surface area contributed by atoms with Crippen molar-refractivity contribution in [3.05, 3.63) is 65.2 Å². The number of nitrogens with one attached hydrogen (secondary N) is 1. The van der Waals surface area contributed by atoms with E-state index in [1.807, 2.05) is 54.6 Å². The Bertz CT molecular complexity index is 939. The number of carbonyl (C=O) groups is 1. The maximum absolute atomic E-state index is 12.1. The van der Waals surface area contributed by atoms with Gasteiger partial charge in [-0.15, -0.1) is 0 Å². The molecule has 0 heterocycles. The molecule has 0 aliphatic heterocycles. The van der Waals surface area contributed by atoms with Crippen LogP contribution in [0.1, 0.15) is 47.2 Å². The van der Waals surface area contributed by atoms with E-state index in [0.29, 0.717) is 17.6 Å². The minimum Gasteiger partial charge on any atom is -0.497 e. The number of nitrogens with zero attached hydrogens (tertiary/aromatic N) is 1. The molecule has 5 heteroatoms. The minimum absolute atomic E-state index is 0.000122. The van der Waals surface area contributed by atoms with Gasteiger partial charge >= 0.3 is 0 Å². The summed E-state index contributed by atoms with van der Waals surface area (Å²) in [6.07, 6.45) is 8.44. The van der Waals surface area contributed by atoms with Crippen LogP contribution in [0.3, 0.4) is 0 Å². The van der Waals surface area contributed by atoms with E-state index in [4.69, 9.17) is 14.5 Å². The van der Waals surface area contributed by atoms with Gasteiger partial charge in [0.2, 0.25) is 0 Å². The Kier molecular flexibility index (Phi) is 5.65. The lowest BCUT2D eigenvalue weighted by molar-refractivity contribution is 0.0951. The monoisotopic (exact) mass is 390 g/mol. The number of carbonyl (C=O) groups excluding carboxylic acids is 1. The fraction of sp³-hybridized carbons (Fsp3) is 0.333. The van der Waals surface area contributed by atoms with Crippen molar-refractivity contribution in [3.8, 4) is 11.5 Å². The van der Waals surface area contributed by atoms with Crippen molar-refractivity contribution >= 4 is 17.7 Å². The molecule has 0 saturated heterocycles. The third-order valence-corrected chi connectivity index (χ3v) is 5.07. The van der Waals surface area contributed by atoms with Crippen LogP contribution in [0.25, 0.3) is 6.08 Å². The fourth-order valence-corrected chi connectivity index (χ4v) is 3.03. The highest BCUT2D eigenvalue weighted by atomic mass is 16.5. The molecule has 2 aromatic carbocycles. The Balaban J connectivity index is 1.56. The molecule has 2 fully saturated rings. The van der Waals surface area contributed by atoms with Crippen LogP contribution in [0.2, 0.25) is 0 Å². The molecule has 0 aromatic heterocycles. The summed E-state index contributed by atoms with van der Waals surface area (Å²) < 4.78 is 10.9. The molecule has 4 rings (SSSR count). The van der Waals surface area contributed by atoms with Crippen LogP contribution in [0.15, 0.2) is 53.5 Å². The quantitative estimate of drug-likeness (QED) is 0.685. The smallest absolute Gasteiger partial charge is 0.251 e. The first-order valence-electron chi connectivity index (χ1n) is 10.1. The molecular weight excluding hydrogens is 364 g/mol. The molecule has 0 spiro atoms. The topological polar surface area (TPSA) is 59.9 Å². The number of aliphatic imine (C=N–C) groups is 1. The van der Waals surface area contributed by atoms with Crippen molar-refractivity contribution in [1.29, 1.82) is 0 Å². The lowest BCUT2D eigenvalue weighted by atomic mass is 10.1. The molecule has 5 nitrogen and oxygen atoms in total. The van der Waals surface area contributed by atoms with Crippen LogP contribution in [-0.2, 0) is 0 Å². The van der Waals surface area contributed by atoms with E-state index in [9.17, 15) is 4.79 Å². The van der Waals surface area contributed by atoms with Crippen LogP contribution < -0.4 is 14.8 Å². The van der Waals surface area contributed by atoms with Crippen molar-refractivity contribution in [3.63, 3.8) is 0 Å². The highest BCUT2D eigenvalue weighted by Gasteiger charge is 2.24. The van der Waals surface area contributed by atoms with E-state index < -0.39 is 0 Å². The minimum atomic E-state index is 0.000122. The number of ether oxygens (including phenoxy) is 2. The molecule has 0 radical (unpaired) electrons. The zero-order valence-corrected chi connectivity index (χ0v) is 16.9. The number of methoxy groups -OCH3 is 2. The van der Waals surface area contributed by atoms with E-state index in [1.54, 1.807) is 14.2 Å². The van der Waals surface area contributed by atoms with Gasteiger partial charge in [0.05, 0.1) is 26.0 Å². The first kappa shape index (κ1) is 19.2. The lowest BCUT2D eigenvalue weighted by Gasteiger charge is -2.11. The van der Waals surface area contributed by atoms with Crippen molar-refractivity contribution in [2.24, 2.45) is 4.99 Å². The molecule has 2 aliphatic carbocycles. The summed E-state index contributed by atoms with van der Waals surface area (Å²) in [5.41, 5.74) is 3.49. The van der Waals surface area contributed by atoms with Gasteiger partial charge in [0.1, 0.15) is 11.5 Å². The van der Waals surface area contributed by atoms with Gasteiger partial charge in [-0.25, -0.2) is 0 Å². The number of benzene rings is 2. The summed E-state index contributed by atoms with van der Waals surface area (Å²) in [5, 5.41) is 3.01. The Morgan fingerprint density at radius 1 is 1.03 bits per heavy atom. The summed E-state index contributed by atoms with van der Waals surface area (Å²) in [5.74, 6) is 1.53. The average molecular weight is 390 g/mol. The molecule has 1 N–H and O–H groups in total. The summed E-state index contributed by atoms with van der Waals surface area (Å²) in [4.78, 5) is 17.0. The van der Waals surface area contributed by atoms with E-state index >= 15 is 0 Å². The second-order valence-electron chi connectivity index (χ2n) is 7.51. The molecule has 2 saturated carbocycles. The van der Waals surface area contributed by atoms with Crippen LogP contribution in [0, 0.1) is 0 Å². The molecule has 2 aliphatic rings. The Hall–Kier alpha value is -3.08. The number of hydrogen-bond donors (Lipinski definition) is 1. The van der Waals surface area contributed by atoms with Crippen LogP contribution >= 0.6 is 0 Å². The van der Waals surface area contributed by atoms with Crippen LogP contribution in [0.5, 0.6) is 11.5 Å². The first-order valence-corrected chi connectivity index (χ1v) is 10.1. The van der Waals surface area contributed by atoms with Crippen LogP contribution in [-0.4, -0.2) is 37.9 Å². The predicted molar refractivity (Wildman–Crippen MR) is 115 cm³/mol. The molecule has 150 valence electrons. The van der Waals surface area contributed by atoms with Gasteiger partial charge < -0.3 is 14.8 Å². The van der Waals surface area contributed by atoms with Crippen LogP contribution in [0.4, 0.5) is 0 Å². The third kappa shape index (κ3) is 5.05. The molecule has 2 aromatic rings. The highest BCUT2D eigenvalue weighted by molar-refractivity contribution is 6.12. The van der Waals surface area contributed by atoms with Gasteiger partial charge in [-0.3, -0.25) is 9.79 Å². The van der Waals surface area contributed by atoms with Crippen molar-refractivity contribution in [2.45, 2.75) is 37.8 Å². The first-order chi connectivity index (χ1) is 14.2. The highest BCUT2D eigenvalue weighted by Crippen LogP contribution is 2.29. The number of amides is 1. The van der Waals surface area contributed by atoms with Crippen molar-refractivity contribution < 1.29 is 14.3 Å². The number of rotatable bonds is 8. The van der Waals surface area contributed by atoms with E-state index in [-0.39, 0.29) is 5.91 Å². The third-order valence-electron chi connectivity index (χ3n) is 5.07. The van der Waals surface area contributed by atoms with E-state index in [0.717, 1.165) is 54.0 Å². The second-order valence-corrected chi connectivity index (χ2v) is 7.51. The summed E-state index contributed by atoms with van der Waals surface area (Å²) >= 11 is 0. The number of allylic oxidation sites excluding steroid dienone is 1. The van der Waals surface area contributed by atoms with Gasteiger partial charge in [0, 0.05) is 17.2 Å². The van der Waals surface area contributed by atoms with Gasteiger partial charge in [0.15, 0.2) is 0 Å². The Morgan fingerprint density at radius 3 is 2.41 bits per heavy atom. The van der Waals surface area contributed by atoms with Gasteiger partial charge in [0.25, 0.3) is 5.91 Å². The van der Waals surface area contributed by atoms with E-state index in [2.05, 4.69) is 5.32 Å². The molecule has 0 atom stereocenters. The Labute approximate surface area is 171 Å². The number of hydrogen-bond acceptors (Lipinski definition) is 4. The maximum atomic E-state index is 12.1. The Morgan fingerprint density at radius 2 is 1.79 bits per heavy atom. The molecule has 29 heavy (non-hydrogen) atoms. The fourth-order valence-electron chi connectivity index (χ4n) is 3.03. The van der Waals surface area contributed by atoms with Gasteiger partial charge in [-0.05, 0) is 67.7 Å². The summed E-state index contributed by atoms with van der Waals surface area (Å²) in [6, 6.07) is 14.1. The standard InChI is InChI=1S/C24H26N2O3/c1-28-20-12-14-23(29-2)21(15-20)22(25-18-8-9-18)13-5-16-3-6-17(7-4-16)24(27)26-19-10-11-19/h3-7,12-15,18-19H,8-11H2,1-2H3,(H,26,27)/b13-5+,25-22?. The molecule has 0 bridgehead atoms. The zero-order chi connectivity index (χ0) is 20.2. The SMILES string of the molecule is COc1ccc(OC)c(C(/C=C/c2ccc(C(=O)NC3CC3)cc2)=NC2CC2)c1. The molecule has 0 unspecified atom stereocenters. The second kappa shape index (κ2) is 8.52. The van der Waals surface area contributed by atoms with Crippen molar-refractivity contribution in [2.75, 3.05) is 14.2 Å². The largest absolute Gasteiger partial charge is 0.497 e. The van der Waals surface area contributed by atoms with Gasteiger partial charge in [-0.2, -0.15) is 0 Å². The zero-order valence-electron chi connectivity index (χ0n) is 16.9. The average Bonchev–Trinajstić information content (AvgIpc) is 3.67. The summed E-state index contributed by atoms with van der Waals surface area (Å²) in [6.45, 7) is 0. The van der Waals surface area contributed by atoms with Gasteiger partial charge in [-0.1, -0.05) is 18.2 Å². The van der Waals surface area contributed by atoms with Crippen molar-refractivity contribution in [1.82, 2.24) is 5.32 Å². The summed E-state index contributed by atoms with van der Waals surface area (Å²) in [7, 11) is 3.31. The lowest BCUT2D eigenvalue weighted by Crippen LogP contribution is -2.25. The predicted octanol–water partition coefficient (Wildman–Crippen LogP) is 4.26. The normalized spacial score (nSPS) is 16.7. The maximum Gasteiger partial charge on any atom is 0.251 e. The van der Waals surface area contributed by atoms with E-state index in [1.165, 1.54) is 0 Å².